The summed E-state index contributed by atoms with van der Waals surface area (Å²) in [6.07, 6.45) is 1.18. The lowest BCUT2D eigenvalue weighted by Gasteiger charge is -2.26. The van der Waals surface area contributed by atoms with E-state index in [0.717, 1.165) is 19.5 Å². The van der Waals surface area contributed by atoms with Crippen molar-refractivity contribution in [2.24, 2.45) is 0 Å². The summed E-state index contributed by atoms with van der Waals surface area (Å²) in [7, 11) is 0. The molecule has 1 unspecified atom stereocenters. The monoisotopic (exact) mass is 273 g/mol. The molecular formula is C17H17F2N. The van der Waals surface area contributed by atoms with Crippen LogP contribution in [0.15, 0.2) is 42.5 Å². The first-order chi connectivity index (χ1) is 9.75. The van der Waals surface area contributed by atoms with E-state index in [1.807, 2.05) is 12.1 Å². The minimum atomic E-state index is -0.443. The quantitative estimate of drug-likeness (QED) is 0.897. The highest BCUT2D eigenvalue weighted by Gasteiger charge is 2.20. The molecule has 0 aliphatic carbocycles. The minimum Gasteiger partial charge on any atom is -0.312 e. The summed E-state index contributed by atoms with van der Waals surface area (Å²) in [6.45, 7) is 1.74. The van der Waals surface area contributed by atoms with Crippen molar-refractivity contribution in [1.82, 2.24) is 5.32 Å². The Morgan fingerprint density at radius 3 is 2.55 bits per heavy atom. The van der Waals surface area contributed by atoms with E-state index in [4.69, 9.17) is 0 Å². The van der Waals surface area contributed by atoms with Gasteiger partial charge in [0.15, 0.2) is 0 Å². The van der Waals surface area contributed by atoms with Crippen LogP contribution in [-0.4, -0.2) is 6.54 Å². The van der Waals surface area contributed by atoms with Crippen molar-refractivity contribution in [3.63, 3.8) is 0 Å². The highest BCUT2D eigenvalue weighted by Crippen LogP contribution is 2.28. The number of benzene rings is 2. The van der Waals surface area contributed by atoms with Gasteiger partial charge in [0.25, 0.3) is 0 Å². The van der Waals surface area contributed by atoms with Crippen LogP contribution in [-0.2, 0) is 13.0 Å². The summed E-state index contributed by atoms with van der Waals surface area (Å²) >= 11 is 0. The molecule has 1 N–H and O–H groups in total. The molecule has 0 bridgehead atoms. The molecule has 0 aromatic heterocycles. The average molecular weight is 273 g/mol. The molecule has 104 valence electrons. The first-order valence-corrected chi connectivity index (χ1v) is 6.97. The highest BCUT2D eigenvalue weighted by atomic mass is 19.1. The van der Waals surface area contributed by atoms with Gasteiger partial charge in [-0.1, -0.05) is 30.3 Å². The third-order valence-corrected chi connectivity index (χ3v) is 4.01. The Hall–Kier alpha value is -1.74. The molecule has 0 saturated heterocycles. The molecule has 2 aromatic carbocycles. The van der Waals surface area contributed by atoms with Crippen molar-refractivity contribution in [2.75, 3.05) is 6.54 Å². The normalized spacial score (nSPS) is 17.8. The molecule has 0 radical (unpaired) electrons. The van der Waals surface area contributed by atoms with E-state index in [2.05, 4.69) is 17.4 Å². The van der Waals surface area contributed by atoms with Crippen molar-refractivity contribution < 1.29 is 8.78 Å². The summed E-state index contributed by atoms with van der Waals surface area (Å²) in [6, 6.07) is 12.3. The number of fused-ring (bicyclic) bond motifs is 1. The van der Waals surface area contributed by atoms with E-state index < -0.39 is 11.6 Å². The van der Waals surface area contributed by atoms with Crippen molar-refractivity contribution in [3.05, 3.63) is 70.8 Å². The van der Waals surface area contributed by atoms with Crippen LogP contribution in [0.5, 0.6) is 0 Å². The second-order valence-corrected chi connectivity index (χ2v) is 5.27. The van der Waals surface area contributed by atoms with Crippen LogP contribution in [0.3, 0.4) is 0 Å². The lowest BCUT2D eigenvalue weighted by molar-refractivity contribution is 0.494. The predicted octanol–water partition coefficient (Wildman–Crippen LogP) is 3.78. The fraction of sp³-hybridized carbons (Fsp3) is 0.294. The summed E-state index contributed by atoms with van der Waals surface area (Å²) < 4.78 is 27.3. The number of nitrogens with one attached hydrogen (secondary N) is 1. The van der Waals surface area contributed by atoms with E-state index in [0.29, 0.717) is 12.3 Å². The van der Waals surface area contributed by atoms with Gasteiger partial charge in [-0.05, 0) is 42.0 Å². The van der Waals surface area contributed by atoms with Crippen molar-refractivity contribution in [1.29, 1.82) is 0 Å². The van der Waals surface area contributed by atoms with Gasteiger partial charge in [0, 0.05) is 18.7 Å². The van der Waals surface area contributed by atoms with E-state index in [1.165, 1.54) is 29.3 Å². The van der Waals surface area contributed by atoms with Crippen molar-refractivity contribution in [3.8, 4) is 0 Å². The first-order valence-electron chi connectivity index (χ1n) is 6.97. The van der Waals surface area contributed by atoms with E-state index in [9.17, 15) is 8.78 Å². The first kappa shape index (κ1) is 13.3. The van der Waals surface area contributed by atoms with Crippen molar-refractivity contribution in [2.45, 2.75) is 25.3 Å². The maximum atomic E-state index is 13.6. The molecule has 0 fully saturated rings. The van der Waals surface area contributed by atoms with Gasteiger partial charge in [0.2, 0.25) is 0 Å². The Balaban J connectivity index is 1.77. The minimum absolute atomic E-state index is 0.204. The molecule has 1 aliphatic rings. The van der Waals surface area contributed by atoms with Gasteiger partial charge in [-0.25, -0.2) is 8.78 Å². The molecule has 3 heteroatoms. The summed E-state index contributed by atoms with van der Waals surface area (Å²) in [4.78, 5) is 0. The molecule has 0 spiro atoms. The van der Waals surface area contributed by atoms with Gasteiger partial charge < -0.3 is 5.32 Å². The van der Waals surface area contributed by atoms with Crippen molar-refractivity contribution >= 4 is 0 Å². The zero-order chi connectivity index (χ0) is 13.9. The second kappa shape index (κ2) is 5.71. The second-order valence-electron chi connectivity index (χ2n) is 5.27. The fourth-order valence-electron chi connectivity index (χ4n) is 2.93. The lowest BCUT2D eigenvalue weighted by Crippen LogP contribution is -2.28. The van der Waals surface area contributed by atoms with Gasteiger partial charge in [-0.3, -0.25) is 0 Å². The summed E-state index contributed by atoms with van der Waals surface area (Å²) in [5.41, 5.74) is 2.80. The summed E-state index contributed by atoms with van der Waals surface area (Å²) in [5, 5.41) is 3.37. The van der Waals surface area contributed by atoms with Crippen LogP contribution < -0.4 is 5.32 Å². The molecule has 1 aliphatic heterocycles. The van der Waals surface area contributed by atoms with Gasteiger partial charge in [0.1, 0.15) is 11.6 Å². The molecule has 3 rings (SSSR count). The fourth-order valence-corrected chi connectivity index (χ4v) is 2.93. The van der Waals surface area contributed by atoms with Crippen LogP contribution in [0, 0.1) is 11.6 Å². The van der Waals surface area contributed by atoms with E-state index >= 15 is 0 Å². The Kier molecular flexibility index (Phi) is 3.79. The Labute approximate surface area is 117 Å². The molecule has 1 atom stereocenters. The van der Waals surface area contributed by atoms with E-state index in [1.54, 1.807) is 0 Å². The predicted molar refractivity (Wildman–Crippen MR) is 75.6 cm³/mol. The Bertz CT molecular complexity index is 589. The zero-order valence-electron chi connectivity index (χ0n) is 11.2. The third-order valence-electron chi connectivity index (χ3n) is 4.01. The van der Waals surface area contributed by atoms with E-state index in [-0.39, 0.29) is 5.56 Å². The maximum absolute atomic E-state index is 13.6. The largest absolute Gasteiger partial charge is 0.312 e. The van der Waals surface area contributed by atoms with Crippen LogP contribution in [0.4, 0.5) is 8.78 Å². The highest BCUT2D eigenvalue weighted by molar-refractivity contribution is 5.33. The van der Waals surface area contributed by atoms with Gasteiger partial charge in [-0.2, -0.15) is 0 Å². The molecule has 1 heterocycles. The molecule has 0 saturated carbocycles. The third kappa shape index (κ3) is 2.59. The SMILES string of the molecule is Fc1cccc(F)c1CCC1CNCc2ccccc21. The van der Waals surface area contributed by atoms with Crippen LogP contribution >= 0.6 is 0 Å². The number of rotatable bonds is 3. The van der Waals surface area contributed by atoms with Gasteiger partial charge in [0.05, 0.1) is 0 Å². The topological polar surface area (TPSA) is 12.0 Å². The molecule has 20 heavy (non-hydrogen) atoms. The molecule has 2 aromatic rings. The van der Waals surface area contributed by atoms with Crippen LogP contribution in [0.2, 0.25) is 0 Å². The number of halogens is 2. The average Bonchev–Trinajstić information content (AvgIpc) is 2.47. The van der Waals surface area contributed by atoms with Crippen LogP contribution in [0.25, 0.3) is 0 Å². The molecule has 0 amide bonds. The van der Waals surface area contributed by atoms with Gasteiger partial charge >= 0.3 is 0 Å². The molecular weight excluding hydrogens is 256 g/mol. The Morgan fingerprint density at radius 1 is 1.00 bits per heavy atom. The van der Waals surface area contributed by atoms with Crippen LogP contribution in [0.1, 0.15) is 29.0 Å². The summed E-state index contributed by atoms with van der Waals surface area (Å²) in [5.74, 6) is -0.567. The Morgan fingerprint density at radius 2 is 1.75 bits per heavy atom. The number of hydrogen-bond donors (Lipinski definition) is 1. The number of hydrogen-bond acceptors (Lipinski definition) is 1. The molecule has 1 nitrogen and oxygen atoms in total. The zero-order valence-corrected chi connectivity index (χ0v) is 11.2. The lowest BCUT2D eigenvalue weighted by atomic mass is 9.86. The smallest absolute Gasteiger partial charge is 0.129 e. The van der Waals surface area contributed by atoms with Gasteiger partial charge in [-0.15, -0.1) is 0 Å². The standard InChI is InChI=1S/C17H17F2N/c18-16-6-3-7-17(19)15(16)9-8-13-11-20-10-12-4-1-2-5-14(12)13/h1-7,13,20H,8-11H2. The maximum Gasteiger partial charge on any atom is 0.129 e.